The average Bonchev–Trinajstić information content (AvgIpc) is 2.46. The van der Waals surface area contributed by atoms with Crippen LogP contribution in [-0.4, -0.2) is 0 Å². The van der Waals surface area contributed by atoms with Gasteiger partial charge in [-0.15, -0.1) is 0 Å². The van der Waals surface area contributed by atoms with Crippen LogP contribution in [0.25, 0.3) is 10.8 Å². The van der Waals surface area contributed by atoms with E-state index < -0.39 is 0 Å². The van der Waals surface area contributed by atoms with Gasteiger partial charge in [0, 0.05) is 0 Å². The molecule has 0 atom stereocenters. The van der Waals surface area contributed by atoms with E-state index in [9.17, 15) is 0 Å². The molecule has 21 heavy (non-hydrogen) atoms. The second-order valence-electron chi connectivity index (χ2n) is 8.17. The normalized spacial score (nSPS) is 37.3. The largest absolute Gasteiger partial charge is 0.0616 e. The molecule has 0 amide bonds. The first-order valence-electron chi connectivity index (χ1n) is 8.72. The summed E-state index contributed by atoms with van der Waals surface area (Å²) in [6.07, 6.45) is 8.99. The maximum Gasteiger partial charge on any atom is -0.00329 e. The van der Waals surface area contributed by atoms with Gasteiger partial charge in [0.1, 0.15) is 0 Å². The zero-order valence-corrected chi connectivity index (χ0v) is 12.9. The lowest BCUT2D eigenvalue weighted by Gasteiger charge is -2.57. The Morgan fingerprint density at radius 3 is 1.95 bits per heavy atom. The number of benzene rings is 2. The number of hydrogen-bond acceptors (Lipinski definition) is 0. The van der Waals surface area contributed by atoms with Crippen LogP contribution in [0.15, 0.2) is 36.4 Å². The molecule has 0 heteroatoms. The predicted octanol–water partition coefficient (Wildman–Crippen LogP) is 5.62. The maximum atomic E-state index is 2.48. The molecule has 0 nitrogen and oxygen atoms in total. The Morgan fingerprint density at radius 1 is 0.762 bits per heavy atom. The minimum Gasteiger partial charge on any atom is -0.0616 e. The first-order valence-corrected chi connectivity index (χ1v) is 8.72. The summed E-state index contributed by atoms with van der Waals surface area (Å²) in [5.41, 5.74) is 3.63. The molecule has 0 spiro atoms. The molecule has 0 aliphatic heterocycles. The second-order valence-corrected chi connectivity index (χ2v) is 8.17. The number of aryl methyl sites for hydroxylation is 1. The van der Waals surface area contributed by atoms with Crippen molar-refractivity contribution in [2.24, 2.45) is 17.8 Å². The SMILES string of the molecule is Cc1ccc(C23CC4CC(CC(C4)C2)C3)c2ccccc12. The van der Waals surface area contributed by atoms with Crippen molar-refractivity contribution in [3.8, 4) is 0 Å². The lowest BCUT2D eigenvalue weighted by molar-refractivity contribution is -0.00449. The smallest absolute Gasteiger partial charge is 0.00329 e. The highest BCUT2D eigenvalue weighted by Gasteiger charge is 2.51. The molecule has 2 aromatic rings. The Morgan fingerprint density at radius 2 is 1.33 bits per heavy atom. The van der Waals surface area contributed by atoms with Crippen LogP contribution in [-0.2, 0) is 5.41 Å². The van der Waals surface area contributed by atoms with Gasteiger partial charge in [-0.1, -0.05) is 36.4 Å². The van der Waals surface area contributed by atoms with E-state index in [1.165, 1.54) is 49.5 Å². The van der Waals surface area contributed by atoms with Crippen LogP contribution >= 0.6 is 0 Å². The summed E-state index contributed by atoms with van der Waals surface area (Å²) < 4.78 is 0. The van der Waals surface area contributed by atoms with Gasteiger partial charge in [-0.3, -0.25) is 0 Å². The molecule has 0 N–H and O–H groups in total. The van der Waals surface area contributed by atoms with Crippen molar-refractivity contribution in [1.29, 1.82) is 0 Å². The summed E-state index contributed by atoms with van der Waals surface area (Å²) in [7, 11) is 0. The van der Waals surface area contributed by atoms with Gasteiger partial charge in [-0.25, -0.2) is 0 Å². The quantitative estimate of drug-likeness (QED) is 0.634. The minimum absolute atomic E-state index is 0.516. The van der Waals surface area contributed by atoms with E-state index >= 15 is 0 Å². The fourth-order valence-corrected chi connectivity index (χ4v) is 6.35. The summed E-state index contributed by atoms with van der Waals surface area (Å²) in [6.45, 7) is 2.26. The Bertz CT molecular complexity index is 674. The monoisotopic (exact) mass is 276 g/mol. The highest BCUT2D eigenvalue weighted by Crippen LogP contribution is 2.61. The van der Waals surface area contributed by atoms with Gasteiger partial charge in [0.25, 0.3) is 0 Å². The molecule has 4 fully saturated rings. The van der Waals surface area contributed by atoms with E-state index in [0.29, 0.717) is 5.41 Å². The van der Waals surface area contributed by atoms with Gasteiger partial charge < -0.3 is 0 Å². The first-order chi connectivity index (χ1) is 10.2. The summed E-state index contributed by atoms with van der Waals surface area (Å²) in [4.78, 5) is 0. The summed E-state index contributed by atoms with van der Waals surface area (Å²) in [6, 6.07) is 14.0. The molecule has 4 saturated carbocycles. The van der Waals surface area contributed by atoms with Crippen molar-refractivity contribution in [1.82, 2.24) is 0 Å². The lowest BCUT2D eigenvalue weighted by Crippen LogP contribution is -2.48. The Labute approximate surface area is 127 Å². The molecule has 4 bridgehead atoms. The number of fused-ring (bicyclic) bond motifs is 1. The van der Waals surface area contributed by atoms with E-state index in [1.54, 1.807) is 10.9 Å². The van der Waals surface area contributed by atoms with E-state index in [2.05, 4.69) is 43.3 Å². The highest BCUT2D eigenvalue weighted by molar-refractivity contribution is 5.89. The third kappa shape index (κ3) is 1.68. The van der Waals surface area contributed by atoms with Crippen molar-refractivity contribution < 1.29 is 0 Å². The fraction of sp³-hybridized carbons (Fsp3) is 0.524. The second kappa shape index (κ2) is 4.12. The predicted molar refractivity (Wildman–Crippen MR) is 88.5 cm³/mol. The van der Waals surface area contributed by atoms with Crippen molar-refractivity contribution in [3.63, 3.8) is 0 Å². The molecular formula is C21H24. The van der Waals surface area contributed by atoms with Gasteiger partial charge >= 0.3 is 0 Å². The standard InChI is InChI=1S/C21H24/c1-14-6-7-20(19-5-3-2-4-18(14)19)21-11-15-8-16(12-21)10-17(9-15)13-21/h2-7,15-17H,8-13H2,1H3. The van der Waals surface area contributed by atoms with Crippen molar-refractivity contribution in [2.75, 3.05) is 0 Å². The zero-order valence-electron chi connectivity index (χ0n) is 12.9. The molecule has 0 radical (unpaired) electrons. The van der Waals surface area contributed by atoms with Gasteiger partial charge in [-0.05, 0) is 90.5 Å². The molecular weight excluding hydrogens is 252 g/mol. The molecule has 6 rings (SSSR count). The molecule has 0 aromatic heterocycles. The zero-order chi connectivity index (χ0) is 14.0. The van der Waals surface area contributed by atoms with Gasteiger partial charge in [0.2, 0.25) is 0 Å². The van der Waals surface area contributed by atoms with Crippen molar-refractivity contribution in [2.45, 2.75) is 50.9 Å². The first kappa shape index (κ1) is 12.3. The average molecular weight is 276 g/mol. The Balaban J connectivity index is 1.73. The minimum atomic E-state index is 0.516. The van der Waals surface area contributed by atoms with Gasteiger partial charge in [-0.2, -0.15) is 0 Å². The Kier molecular flexibility index (Phi) is 2.41. The molecule has 0 unspecified atom stereocenters. The van der Waals surface area contributed by atoms with Crippen molar-refractivity contribution >= 4 is 10.8 Å². The lowest BCUT2D eigenvalue weighted by atomic mass is 9.47. The van der Waals surface area contributed by atoms with Gasteiger partial charge in [0.15, 0.2) is 0 Å². The van der Waals surface area contributed by atoms with Crippen LogP contribution in [0.5, 0.6) is 0 Å². The fourth-order valence-electron chi connectivity index (χ4n) is 6.35. The van der Waals surface area contributed by atoms with Crippen LogP contribution < -0.4 is 0 Å². The molecule has 4 aliphatic carbocycles. The summed E-state index contributed by atoms with van der Waals surface area (Å²) >= 11 is 0. The van der Waals surface area contributed by atoms with E-state index in [4.69, 9.17) is 0 Å². The van der Waals surface area contributed by atoms with Crippen LogP contribution in [0, 0.1) is 24.7 Å². The van der Waals surface area contributed by atoms with E-state index in [-0.39, 0.29) is 0 Å². The molecule has 2 aromatic carbocycles. The summed E-state index contributed by atoms with van der Waals surface area (Å²) in [5.74, 6) is 3.07. The molecule has 4 aliphatic rings. The molecule has 108 valence electrons. The summed E-state index contributed by atoms with van der Waals surface area (Å²) in [5, 5.41) is 3.02. The topological polar surface area (TPSA) is 0 Å². The number of rotatable bonds is 1. The number of hydrogen-bond donors (Lipinski definition) is 0. The van der Waals surface area contributed by atoms with Crippen LogP contribution in [0.2, 0.25) is 0 Å². The van der Waals surface area contributed by atoms with Crippen LogP contribution in [0.1, 0.15) is 49.7 Å². The van der Waals surface area contributed by atoms with E-state index in [1.807, 2.05) is 0 Å². The highest BCUT2D eigenvalue weighted by atomic mass is 14.6. The third-order valence-corrected chi connectivity index (χ3v) is 6.75. The van der Waals surface area contributed by atoms with Gasteiger partial charge in [0.05, 0.1) is 0 Å². The van der Waals surface area contributed by atoms with Crippen molar-refractivity contribution in [3.05, 3.63) is 47.5 Å². The van der Waals surface area contributed by atoms with E-state index in [0.717, 1.165) is 17.8 Å². The molecule has 0 heterocycles. The van der Waals surface area contributed by atoms with Crippen LogP contribution in [0.3, 0.4) is 0 Å². The molecule has 0 saturated heterocycles. The maximum absolute atomic E-state index is 2.48. The third-order valence-electron chi connectivity index (χ3n) is 6.75. The van der Waals surface area contributed by atoms with Crippen LogP contribution in [0.4, 0.5) is 0 Å². The Hall–Kier alpha value is -1.30.